The molecular weight excluding hydrogens is 322 g/mol. The lowest BCUT2D eigenvalue weighted by molar-refractivity contribution is -0.386. The first-order chi connectivity index (χ1) is 9.77. The quantitative estimate of drug-likeness (QED) is 0.480. The molecule has 0 amide bonds. The van der Waals surface area contributed by atoms with Gasteiger partial charge >= 0.3 is 11.6 Å². The summed E-state index contributed by atoms with van der Waals surface area (Å²) in [6.07, 6.45) is 1.95. The van der Waals surface area contributed by atoms with Crippen molar-refractivity contribution in [3.05, 3.63) is 45.9 Å². The van der Waals surface area contributed by atoms with Crippen LogP contribution in [0.4, 0.5) is 5.69 Å². The highest BCUT2D eigenvalue weighted by molar-refractivity contribution is 7.90. The zero-order chi connectivity index (χ0) is 15.6. The highest BCUT2D eigenvalue weighted by Gasteiger charge is 2.20. The average Bonchev–Trinajstić information content (AvgIpc) is 2.37. The third-order valence-corrected chi connectivity index (χ3v) is 3.64. The molecule has 21 heavy (non-hydrogen) atoms. The van der Waals surface area contributed by atoms with E-state index in [-0.39, 0.29) is 21.8 Å². The van der Waals surface area contributed by atoms with E-state index in [1.165, 1.54) is 24.3 Å². The first-order valence-electron chi connectivity index (χ1n) is 5.42. The number of nitro groups is 1. The molecule has 10 heteroatoms. The molecule has 1 heterocycles. The molecule has 0 saturated heterocycles. The van der Waals surface area contributed by atoms with Gasteiger partial charge in [0.15, 0.2) is 9.84 Å². The summed E-state index contributed by atoms with van der Waals surface area (Å²) < 4.78 is 28.2. The van der Waals surface area contributed by atoms with Gasteiger partial charge in [-0.25, -0.2) is 13.4 Å². The standard InChI is InChI=1S/C11H8ClN3O5S/c1-21(18,19)8-4-2-3-7(5-8)20-10-9(15(16)17)6-13-11(12)14-10/h2-6H,1H3. The van der Waals surface area contributed by atoms with Gasteiger partial charge in [0.1, 0.15) is 11.9 Å². The highest BCUT2D eigenvalue weighted by Crippen LogP contribution is 2.30. The fraction of sp³-hybridized carbons (Fsp3) is 0.0909. The molecule has 0 N–H and O–H groups in total. The second kappa shape index (κ2) is 5.62. The van der Waals surface area contributed by atoms with Crippen molar-refractivity contribution in [1.29, 1.82) is 0 Å². The molecule has 0 aliphatic carbocycles. The molecule has 8 nitrogen and oxygen atoms in total. The van der Waals surface area contributed by atoms with Crippen LogP contribution in [0.5, 0.6) is 11.6 Å². The predicted molar refractivity (Wildman–Crippen MR) is 73.3 cm³/mol. The van der Waals surface area contributed by atoms with E-state index in [2.05, 4.69) is 9.97 Å². The fourth-order valence-corrected chi connectivity index (χ4v) is 2.20. The molecule has 2 aromatic rings. The molecule has 2 rings (SSSR count). The summed E-state index contributed by atoms with van der Waals surface area (Å²) >= 11 is 5.57. The average molecular weight is 330 g/mol. The summed E-state index contributed by atoms with van der Waals surface area (Å²) in [6.45, 7) is 0. The number of nitrogens with zero attached hydrogens (tertiary/aromatic N) is 3. The Morgan fingerprint density at radius 2 is 2.10 bits per heavy atom. The van der Waals surface area contributed by atoms with Crippen LogP contribution in [-0.4, -0.2) is 29.6 Å². The maximum atomic E-state index is 11.5. The Hall–Kier alpha value is -2.26. The number of ether oxygens (including phenoxy) is 1. The lowest BCUT2D eigenvalue weighted by Gasteiger charge is -2.06. The molecule has 0 aliphatic heterocycles. The molecule has 0 atom stereocenters. The van der Waals surface area contributed by atoms with E-state index in [0.29, 0.717) is 0 Å². The SMILES string of the molecule is CS(=O)(=O)c1cccc(Oc2nc(Cl)ncc2[N+](=O)[O-])c1. The Bertz CT molecular complexity index is 809. The third kappa shape index (κ3) is 3.64. The van der Waals surface area contributed by atoms with Crippen LogP contribution in [0.15, 0.2) is 35.4 Å². The number of hydrogen-bond donors (Lipinski definition) is 0. The molecule has 0 bridgehead atoms. The Kier molecular flexibility index (Phi) is 4.05. The summed E-state index contributed by atoms with van der Waals surface area (Å²) in [4.78, 5) is 17.3. The van der Waals surface area contributed by atoms with E-state index in [4.69, 9.17) is 16.3 Å². The van der Waals surface area contributed by atoms with E-state index < -0.39 is 20.4 Å². The van der Waals surface area contributed by atoms with E-state index in [0.717, 1.165) is 12.5 Å². The maximum absolute atomic E-state index is 11.5. The van der Waals surface area contributed by atoms with Crippen LogP contribution < -0.4 is 4.74 Å². The van der Waals surface area contributed by atoms with Crippen molar-refractivity contribution < 1.29 is 18.1 Å². The van der Waals surface area contributed by atoms with Crippen LogP contribution in [0, 0.1) is 10.1 Å². The van der Waals surface area contributed by atoms with Gasteiger partial charge in [-0.2, -0.15) is 4.98 Å². The van der Waals surface area contributed by atoms with Gasteiger partial charge in [-0.3, -0.25) is 10.1 Å². The fourth-order valence-electron chi connectivity index (χ4n) is 1.42. The Balaban J connectivity index is 2.43. The topological polar surface area (TPSA) is 112 Å². The Morgan fingerprint density at radius 1 is 1.38 bits per heavy atom. The molecule has 1 aromatic heterocycles. The number of halogens is 1. The number of rotatable bonds is 4. The molecule has 0 unspecified atom stereocenters. The van der Waals surface area contributed by atoms with Crippen molar-refractivity contribution in [3.63, 3.8) is 0 Å². The van der Waals surface area contributed by atoms with Crippen LogP contribution in [0.1, 0.15) is 0 Å². The van der Waals surface area contributed by atoms with Crippen LogP contribution in [0.3, 0.4) is 0 Å². The molecule has 1 aromatic carbocycles. The van der Waals surface area contributed by atoms with Crippen LogP contribution in [0.25, 0.3) is 0 Å². The summed E-state index contributed by atoms with van der Waals surface area (Å²) in [7, 11) is -3.42. The number of sulfone groups is 1. The summed E-state index contributed by atoms with van der Waals surface area (Å²) in [5.74, 6) is -0.290. The van der Waals surface area contributed by atoms with Crippen molar-refractivity contribution in [1.82, 2.24) is 9.97 Å². The van der Waals surface area contributed by atoms with Crippen molar-refractivity contribution in [2.24, 2.45) is 0 Å². The number of benzene rings is 1. The summed E-state index contributed by atoms with van der Waals surface area (Å²) in [5.41, 5.74) is -0.482. The zero-order valence-electron chi connectivity index (χ0n) is 10.6. The number of hydrogen-bond acceptors (Lipinski definition) is 7. The summed E-state index contributed by atoms with van der Waals surface area (Å²) in [6, 6.07) is 5.49. The van der Waals surface area contributed by atoms with E-state index >= 15 is 0 Å². The minimum atomic E-state index is -3.42. The minimum absolute atomic E-state index is 0.0165. The largest absolute Gasteiger partial charge is 0.434 e. The molecule has 0 fully saturated rings. The summed E-state index contributed by atoms with van der Waals surface area (Å²) in [5, 5.41) is 10.6. The molecule has 0 spiro atoms. The van der Waals surface area contributed by atoms with Gasteiger partial charge in [0.05, 0.1) is 9.82 Å². The third-order valence-electron chi connectivity index (χ3n) is 2.35. The van der Waals surface area contributed by atoms with Gasteiger partial charge in [-0.05, 0) is 29.8 Å². The van der Waals surface area contributed by atoms with Gasteiger partial charge in [-0.1, -0.05) is 6.07 Å². The van der Waals surface area contributed by atoms with E-state index in [9.17, 15) is 18.5 Å². The molecule has 110 valence electrons. The molecule has 0 saturated carbocycles. The van der Waals surface area contributed by atoms with Gasteiger partial charge in [0, 0.05) is 6.26 Å². The van der Waals surface area contributed by atoms with Crippen LogP contribution >= 0.6 is 11.6 Å². The van der Waals surface area contributed by atoms with Gasteiger partial charge in [-0.15, -0.1) is 0 Å². The van der Waals surface area contributed by atoms with E-state index in [1.54, 1.807) is 0 Å². The van der Waals surface area contributed by atoms with Crippen molar-refractivity contribution >= 4 is 27.1 Å². The van der Waals surface area contributed by atoms with Crippen LogP contribution in [0.2, 0.25) is 5.28 Å². The van der Waals surface area contributed by atoms with Crippen molar-refractivity contribution in [2.45, 2.75) is 4.90 Å². The lowest BCUT2D eigenvalue weighted by Crippen LogP contribution is -2.00. The highest BCUT2D eigenvalue weighted by atomic mass is 35.5. The molecule has 0 aliphatic rings. The Morgan fingerprint density at radius 3 is 2.71 bits per heavy atom. The second-order valence-electron chi connectivity index (χ2n) is 3.94. The molecular formula is C11H8ClN3O5S. The van der Waals surface area contributed by atoms with Crippen molar-refractivity contribution in [3.8, 4) is 11.6 Å². The minimum Gasteiger partial charge on any atom is -0.434 e. The van der Waals surface area contributed by atoms with Crippen molar-refractivity contribution in [2.75, 3.05) is 6.26 Å². The predicted octanol–water partition coefficient (Wildman–Crippen LogP) is 2.23. The zero-order valence-corrected chi connectivity index (χ0v) is 12.1. The maximum Gasteiger partial charge on any atom is 0.349 e. The lowest BCUT2D eigenvalue weighted by atomic mass is 10.3. The van der Waals surface area contributed by atoms with Crippen LogP contribution in [-0.2, 0) is 9.84 Å². The van der Waals surface area contributed by atoms with Gasteiger partial charge < -0.3 is 4.74 Å². The molecule has 0 radical (unpaired) electrons. The normalized spacial score (nSPS) is 11.1. The Labute approximate surface area is 124 Å². The van der Waals surface area contributed by atoms with E-state index in [1.807, 2.05) is 0 Å². The first kappa shape index (κ1) is 15.1. The van der Waals surface area contributed by atoms with Gasteiger partial charge in [0.2, 0.25) is 5.28 Å². The monoisotopic (exact) mass is 329 g/mol. The smallest absolute Gasteiger partial charge is 0.349 e. The second-order valence-corrected chi connectivity index (χ2v) is 6.29. The first-order valence-corrected chi connectivity index (χ1v) is 7.69. The number of aromatic nitrogens is 2. The van der Waals surface area contributed by atoms with Gasteiger partial charge in [0.25, 0.3) is 0 Å².